The van der Waals surface area contributed by atoms with Gasteiger partial charge < -0.3 is 10.1 Å². The van der Waals surface area contributed by atoms with Gasteiger partial charge in [0.25, 0.3) is 0 Å². The Bertz CT molecular complexity index is 1030. The predicted molar refractivity (Wildman–Crippen MR) is 110 cm³/mol. The van der Waals surface area contributed by atoms with Gasteiger partial charge in [-0.25, -0.2) is 9.97 Å². The summed E-state index contributed by atoms with van der Waals surface area (Å²) in [5.41, 5.74) is 3.20. The van der Waals surface area contributed by atoms with Gasteiger partial charge >= 0.3 is 0 Å². The van der Waals surface area contributed by atoms with E-state index >= 15 is 0 Å². The van der Waals surface area contributed by atoms with Crippen LogP contribution in [0.15, 0.2) is 78.9 Å². The van der Waals surface area contributed by atoms with Gasteiger partial charge in [-0.3, -0.25) is 0 Å². The molecule has 0 radical (unpaired) electrons. The van der Waals surface area contributed by atoms with Gasteiger partial charge in [-0.05, 0) is 48.4 Å². The number of hydrogen-bond acceptors (Lipinski definition) is 4. The SMILES string of the molecule is COc1ccc(-c2nc(NCCc3ccccc3)c3ccccc3n2)cc1. The molecule has 4 heteroatoms. The molecule has 0 aliphatic carbocycles. The highest BCUT2D eigenvalue weighted by Gasteiger charge is 2.09. The van der Waals surface area contributed by atoms with Crippen molar-refractivity contribution in [2.45, 2.75) is 6.42 Å². The van der Waals surface area contributed by atoms with Crippen LogP contribution in [0.5, 0.6) is 5.75 Å². The molecule has 1 N–H and O–H groups in total. The van der Waals surface area contributed by atoms with Crippen LogP contribution in [0, 0.1) is 0 Å². The summed E-state index contributed by atoms with van der Waals surface area (Å²) in [5.74, 6) is 2.39. The summed E-state index contributed by atoms with van der Waals surface area (Å²) in [5, 5.41) is 4.52. The van der Waals surface area contributed by atoms with E-state index in [0.717, 1.165) is 41.0 Å². The molecule has 4 nitrogen and oxygen atoms in total. The van der Waals surface area contributed by atoms with Crippen LogP contribution in [0.4, 0.5) is 5.82 Å². The third-order valence-electron chi connectivity index (χ3n) is 4.50. The second kappa shape index (κ2) is 7.87. The molecule has 0 fully saturated rings. The molecule has 0 saturated heterocycles. The number of benzene rings is 3. The van der Waals surface area contributed by atoms with Crippen molar-refractivity contribution in [1.82, 2.24) is 9.97 Å². The van der Waals surface area contributed by atoms with Crippen LogP contribution in [0.2, 0.25) is 0 Å². The zero-order chi connectivity index (χ0) is 18.5. The van der Waals surface area contributed by atoms with Crippen molar-refractivity contribution in [2.75, 3.05) is 19.0 Å². The Labute approximate surface area is 158 Å². The van der Waals surface area contributed by atoms with Crippen LogP contribution in [-0.2, 0) is 6.42 Å². The number of methoxy groups -OCH3 is 1. The second-order valence-electron chi connectivity index (χ2n) is 6.30. The first kappa shape index (κ1) is 17.0. The Hall–Kier alpha value is -3.40. The highest BCUT2D eigenvalue weighted by atomic mass is 16.5. The molecule has 0 atom stereocenters. The number of fused-ring (bicyclic) bond motifs is 1. The molecule has 4 aromatic rings. The molecule has 1 aromatic heterocycles. The Balaban J connectivity index is 1.63. The number of para-hydroxylation sites is 1. The van der Waals surface area contributed by atoms with E-state index in [0.29, 0.717) is 5.82 Å². The third kappa shape index (κ3) is 3.90. The van der Waals surface area contributed by atoms with Gasteiger partial charge in [0, 0.05) is 17.5 Å². The van der Waals surface area contributed by atoms with E-state index in [1.165, 1.54) is 5.56 Å². The smallest absolute Gasteiger partial charge is 0.162 e. The van der Waals surface area contributed by atoms with Crippen molar-refractivity contribution >= 4 is 16.7 Å². The van der Waals surface area contributed by atoms with E-state index < -0.39 is 0 Å². The zero-order valence-electron chi connectivity index (χ0n) is 15.2. The summed E-state index contributed by atoms with van der Waals surface area (Å²) < 4.78 is 5.24. The van der Waals surface area contributed by atoms with Crippen molar-refractivity contribution < 1.29 is 4.74 Å². The van der Waals surface area contributed by atoms with Crippen LogP contribution in [0.1, 0.15) is 5.56 Å². The van der Waals surface area contributed by atoms with Crippen molar-refractivity contribution in [2.24, 2.45) is 0 Å². The van der Waals surface area contributed by atoms with E-state index in [1.54, 1.807) is 7.11 Å². The molecule has 0 bridgehead atoms. The fraction of sp³-hybridized carbons (Fsp3) is 0.130. The van der Waals surface area contributed by atoms with E-state index in [4.69, 9.17) is 14.7 Å². The largest absolute Gasteiger partial charge is 0.497 e. The van der Waals surface area contributed by atoms with Gasteiger partial charge in [0.2, 0.25) is 0 Å². The van der Waals surface area contributed by atoms with Gasteiger partial charge in [-0.15, -0.1) is 0 Å². The highest BCUT2D eigenvalue weighted by molar-refractivity contribution is 5.90. The molecule has 0 spiro atoms. The fourth-order valence-electron chi connectivity index (χ4n) is 3.05. The molecule has 134 valence electrons. The molecule has 4 rings (SSSR count). The molecule has 0 unspecified atom stereocenters. The number of hydrogen-bond donors (Lipinski definition) is 1. The monoisotopic (exact) mass is 355 g/mol. The van der Waals surface area contributed by atoms with E-state index in [2.05, 4.69) is 35.6 Å². The minimum Gasteiger partial charge on any atom is -0.497 e. The van der Waals surface area contributed by atoms with Crippen LogP contribution < -0.4 is 10.1 Å². The molecule has 0 saturated carbocycles. The maximum Gasteiger partial charge on any atom is 0.162 e. The molecule has 27 heavy (non-hydrogen) atoms. The molecule has 0 aliphatic rings. The first-order valence-electron chi connectivity index (χ1n) is 9.02. The maximum absolute atomic E-state index is 5.24. The average Bonchev–Trinajstić information content (AvgIpc) is 2.74. The lowest BCUT2D eigenvalue weighted by Gasteiger charge is -2.11. The summed E-state index contributed by atoms with van der Waals surface area (Å²) in [6, 6.07) is 26.4. The maximum atomic E-state index is 5.24. The minimum atomic E-state index is 0.707. The molecule has 1 heterocycles. The van der Waals surface area contributed by atoms with E-state index in [9.17, 15) is 0 Å². The number of aromatic nitrogens is 2. The number of anilines is 1. The normalized spacial score (nSPS) is 10.7. The number of rotatable bonds is 6. The van der Waals surface area contributed by atoms with Crippen molar-refractivity contribution in [3.63, 3.8) is 0 Å². The molecule has 0 aliphatic heterocycles. The lowest BCUT2D eigenvalue weighted by atomic mass is 10.1. The quantitative estimate of drug-likeness (QED) is 0.531. The van der Waals surface area contributed by atoms with Crippen LogP contribution in [0.25, 0.3) is 22.3 Å². The first-order chi connectivity index (χ1) is 13.3. The first-order valence-corrected chi connectivity index (χ1v) is 9.02. The van der Waals surface area contributed by atoms with Gasteiger partial charge in [0.05, 0.1) is 12.6 Å². The van der Waals surface area contributed by atoms with Crippen molar-refractivity contribution in [3.05, 3.63) is 84.4 Å². The molecule has 3 aromatic carbocycles. The van der Waals surface area contributed by atoms with E-state index in [1.807, 2.05) is 48.5 Å². The lowest BCUT2D eigenvalue weighted by Crippen LogP contribution is -2.08. The third-order valence-corrected chi connectivity index (χ3v) is 4.50. The van der Waals surface area contributed by atoms with Crippen molar-refractivity contribution in [1.29, 1.82) is 0 Å². The summed E-state index contributed by atoms with van der Waals surface area (Å²) in [7, 11) is 1.66. The lowest BCUT2D eigenvalue weighted by molar-refractivity contribution is 0.415. The second-order valence-corrected chi connectivity index (χ2v) is 6.30. The van der Waals surface area contributed by atoms with Gasteiger partial charge in [0.1, 0.15) is 11.6 Å². The summed E-state index contributed by atoms with van der Waals surface area (Å²) in [4.78, 5) is 9.53. The van der Waals surface area contributed by atoms with Crippen LogP contribution in [0.3, 0.4) is 0 Å². The fourth-order valence-corrected chi connectivity index (χ4v) is 3.05. The number of ether oxygens (including phenoxy) is 1. The van der Waals surface area contributed by atoms with E-state index in [-0.39, 0.29) is 0 Å². The topological polar surface area (TPSA) is 47.0 Å². The number of nitrogens with zero attached hydrogens (tertiary/aromatic N) is 2. The Morgan fingerprint density at radius 3 is 2.33 bits per heavy atom. The standard InChI is InChI=1S/C23H21N3O/c1-27-19-13-11-18(12-14-19)22-25-21-10-6-5-9-20(21)23(26-22)24-16-15-17-7-3-2-4-8-17/h2-14H,15-16H2,1H3,(H,24,25,26). The molecular weight excluding hydrogens is 334 g/mol. The zero-order valence-corrected chi connectivity index (χ0v) is 15.2. The van der Waals surface area contributed by atoms with Gasteiger partial charge in [0.15, 0.2) is 5.82 Å². The van der Waals surface area contributed by atoms with Crippen LogP contribution >= 0.6 is 0 Å². The van der Waals surface area contributed by atoms with Crippen LogP contribution in [-0.4, -0.2) is 23.6 Å². The molecular formula is C23H21N3O. The van der Waals surface area contributed by atoms with Gasteiger partial charge in [-0.1, -0.05) is 42.5 Å². The summed E-state index contributed by atoms with van der Waals surface area (Å²) in [6.45, 7) is 0.813. The Morgan fingerprint density at radius 2 is 1.56 bits per heavy atom. The average molecular weight is 355 g/mol. The highest BCUT2D eigenvalue weighted by Crippen LogP contribution is 2.26. The predicted octanol–water partition coefficient (Wildman–Crippen LogP) is 4.96. The van der Waals surface area contributed by atoms with Crippen molar-refractivity contribution in [3.8, 4) is 17.1 Å². The Morgan fingerprint density at radius 1 is 0.815 bits per heavy atom. The number of nitrogens with one attached hydrogen (secondary N) is 1. The Kier molecular flexibility index (Phi) is 4.97. The molecule has 0 amide bonds. The van der Waals surface area contributed by atoms with Gasteiger partial charge in [-0.2, -0.15) is 0 Å². The summed E-state index contributed by atoms with van der Waals surface area (Å²) in [6.07, 6.45) is 0.942. The summed E-state index contributed by atoms with van der Waals surface area (Å²) >= 11 is 0. The minimum absolute atomic E-state index is 0.707.